The number of hydrogen-bond acceptors (Lipinski definition) is 4. The minimum absolute atomic E-state index is 0.252. The molecule has 0 saturated carbocycles. The van der Waals surface area contributed by atoms with Gasteiger partial charge in [0.05, 0.1) is 11.6 Å². The van der Waals surface area contributed by atoms with Crippen LogP contribution >= 0.6 is 0 Å². The molecule has 1 aromatic carbocycles. The molecule has 3 rings (SSSR count). The number of rotatable bonds is 6. The van der Waals surface area contributed by atoms with E-state index in [-0.39, 0.29) is 6.04 Å². The Hall–Kier alpha value is -2.40. The number of nitrogens with zero attached hydrogens (tertiary/aromatic N) is 3. The number of hydrogen-bond donors (Lipinski definition) is 1. The van der Waals surface area contributed by atoms with Crippen LogP contribution in [-0.2, 0) is 6.42 Å². The van der Waals surface area contributed by atoms with E-state index in [4.69, 9.17) is 4.52 Å². The van der Waals surface area contributed by atoms with E-state index >= 15 is 0 Å². The van der Waals surface area contributed by atoms with Crippen LogP contribution in [0.4, 0.5) is 0 Å². The van der Waals surface area contributed by atoms with Crippen LogP contribution in [0.1, 0.15) is 42.7 Å². The van der Waals surface area contributed by atoms with Crippen molar-refractivity contribution in [2.75, 3.05) is 7.05 Å². The number of aryl methyl sites for hydroxylation is 1. The zero-order valence-electron chi connectivity index (χ0n) is 15.6. The van der Waals surface area contributed by atoms with Gasteiger partial charge in [-0.3, -0.25) is 0 Å². The minimum atomic E-state index is 0.252. The fourth-order valence-electron chi connectivity index (χ4n) is 3.29. The Kier molecular flexibility index (Phi) is 5.04. The van der Waals surface area contributed by atoms with E-state index in [1.807, 2.05) is 13.1 Å². The molecule has 2 unspecified atom stereocenters. The molecular formula is C20H26N4O. The molecule has 0 aliphatic rings. The van der Waals surface area contributed by atoms with E-state index in [1.54, 1.807) is 0 Å². The normalized spacial score (nSPS) is 13.8. The van der Waals surface area contributed by atoms with Gasteiger partial charge in [-0.15, -0.1) is 0 Å². The van der Waals surface area contributed by atoms with E-state index in [0.29, 0.717) is 11.9 Å². The van der Waals surface area contributed by atoms with Gasteiger partial charge in [0.1, 0.15) is 0 Å². The third-order valence-electron chi connectivity index (χ3n) is 4.83. The molecule has 132 valence electrons. The largest absolute Gasteiger partial charge is 0.341 e. The molecule has 2 atom stereocenters. The molecule has 5 nitrogen and oxygen atoms in total. The highest BCUT2D eigenvalue weighted by atomic mass is 16.5. The first-order chi connectivity index (χ1) is 12.0. The van der Waals surface area contributed by atoms with E-state index in [0.717, 1.165) is 23.5 Å². The van der Waals surface area contributed by atoms with Crippen molar-refractivity contribution in [3.63, 3.8) is 0 Å². The standard InChI is InChI=1S/C20H26N4O/c1-13(21-5)11-19-22-20(25-23-19)18-12-14(2)24(16(18)4)15(3)17-9-7-6-8-10-17/h6-10,12-13,15,21H,11H2,1-5H3. The first-order valence-electron chi connectivity index (χ1n) is 8.74. The van der Waals surface area contributed by atoms with Gasteiger partial charge < -0.3 is 14.4 Å². The van der Waals surface area contributed by atoms with Crippen molar-refractivity contribution < 1.29 is 4.52 Å². The summed E-state index contributed by atoms with van der Waals surface area (Å²) < 4.78 is 7.85. The van der Waals surface area contributed by atoms with Crippen LogP contribution in [0.2, 0.25) is 0 Å². The van der Waals surface area contributed by atoms with Crippen molar-refractivity contribution in [3.05, 3.63) is 59.2 Å². The molecule has 0 amide bonds. The van der Waals surface area contributed by atoms with Crippen LogP contribution in [-0.4, -0.2) is 27.8 Å². The van der Waals surface area contributed by atoms with Gasteiger partial charge in [0.25, 0.3) is 5.89 Å². The van der Waals surface area contributed by atoms with E-state index < -0.39 is 0 Å². The Morgan fingerprint density at radius 3 is 2.56 bits per heavy atom. The molecule has 5 heteroatoms. The predicted molar refractivity (Wildman–Crippen MR) is 99.7 cm³/mol. The van der Waals surface area contributed by atoms with Crippen molar-refractivity contribution in [1.29, 1.82) is 0 Å². The average Bonchev–Trinajstić information content (AvgIpc) is 3.19. The maximum atomic E-state index is 5.53. The lowest BCUT2D eigenvalue weighted by atomic mass is 10.1. The van der Waals surface area contributed by atoms with Crippen molar-refractivity contribution >= 4 is 0 Å². The summed E-state index contributed by atoms with van der Waals surface area (Å²) in [5, 5.41) is 7.32. The van der Waals surface area contributed by atoms with Crippen LogP contribution in [0, 0.1) is 13.8 Å². The number of likely N-dealkylation sites (N-methyl/N-ethyl adjacent to an activating group) is 1. The molecule has 0 fully saturated rings. The van der Waals surface area contributed by atoms with Gasteiger partial charge in [0.15, 0.2) is 5.82 Å². The summed E-state index contributed by atoms with van der Waals surface area (Å²) in [7, 11) is 1.93. The summed E-state index contributed by atoms with van der Waals surface area (Å²) in [5.41, 5.74) is 4.62. The van der Waals surface area contributed by atoms with Crippen molar-refractivity contribution in [2.24, 2.45) is 0 Å². The zero-order chi connectivity index (χ0) is 18.0. The topological polar surface area (TPSA) is 55.9 Å². The van der Waals surface area contributed by atoms with Gasteiger partial charge in [0, 0.05) is 23.9 Å². The van der Waals surface area contributed by atoms with E-state index in [9.17, 15) is 0 Å². The minimum Gasteiger partial charge on any atom is -0.341 e. The Balaban J connectivity index is 1.92. The Labute approximate surface area is 149 Å². The first-order valence-corrected chi connectivity index (χ1v) is 8.74. The number of benzene rings is 1. The lowest BCUT2D eigenvalue weighted by Crippen LogP contribution is -2.24. The van der Waals surface area contributed by atoms with Crippen LogP contribution in [0.5, 0.6) is 0 Å². The summed E-state index contributed by atoms with van der Waals surface area (Å²) in [6, 6.07) is 13.2. The Morgan fingerprint density at radius 2 is 1.88 bits per heavy atom. The molecule has 0 radical (unpaired) electrons. The summed E-state index contributed by atoms with van der Waals surface area (Å²) >= 11 is 0. The van der Waals surface area contributed by atoms with Crippen molar-refractivity contribution in [3.8, 4) is 11.5 Å². The van der Waals surface area contributed by atoms with Gasteiger partial charge in [0.2, 0.25) is 0 Å². The molecule has 25 heavy (non-hydrogen) atoms. The second-order valence-corrected chi connectivity index (χ2v) is 6.65. The summed E-state index contributed by atoms with van der Waals surface area (Å²) in [6.07, 6.45) is 0.749. The molecule has 0 aliphatic carbocycles. The molecule has 0 aliphatic heterocycles. The highest BCUT2D eigenvalue weighted by Crippen LogP contribution is 2.30. The van der Waals surface area contributed by atoms with E-state index in [2.05, 4.69) is 78.1 Å². The number of aromatic nitrogens is 3. The monoisotopic (exact) mass is 338 g/mol. The highest BCUT2D eigenvalue weighted by Gasteiger charge is 2.20. The zero-order valence-corrected chi connectivity index (χ0v) is 15.6. The van der Waals surface area contributed by atoms with Gasteiger partial charge in [-0.05, 0) is 46.4 Å². The van der Waals surface area contributed by atoms with Crippen LogP contribution < -0.4 is 5.32 Å². The maximum Gasteiger partial charge on any atom is 0.259 e. The van der Waals surface area contributed by atoms with Gasteiger partial charge >= 0.3 is 0 Å². The van der Waals surface area contributed by atoms with Crippen molar-refractivity contribution in [1.82, 2.24) is 20.0 Å². The fourth-order valence-corrected chi connectivity index (χ4v) is 3.29. The SMILES string of the molecule is CNC(C)Cc1noc(-c2cc(C)n(C(C)c3ccccc3)c2C)n1. The van der Waals surface area contributed by atoms with Crippen molar-refractivity contribution in [2.45, 2.75) is 46.2 Å². The Morgan fingerprint density at radius 1 is 1.16 bits per heavy atom. The van der Waals surface area contributed by atoms with Crippen LogP contribution in [0.25, 0.3) is 11.5 Å². The average molecular weight is 338 g/mol. The lowest BCUT2D eigenvalue weighted by Gasteiger charge is -2.19. The molecule has 2 heterocycles. The smallest absolute Gasteiger partial charge is 0.259 e. The second-order valence-electron chi connectivity index (χ2n) is 6.65. The molecule has 0 saturated heterocycles. The predicted octanol–water partition coefficient (Wildman–Crippen LogP) is 3.91. The molecule has 0 spiro atoms. The van der Waals surface area contributed by atoms with Gasteiger partial charge in [-0.2, -0.15) is 4.98 Å². The molecule has 3 aromatic rings. The third kappa shape index (κ3) is 3.51. The molecule has 1 N–H and O–H groups in total. The first kappa shape index (κ1) is 17.4. The lowest BCUT2D eigenvalue weighted by molar-refractivity contribution is 0.418. The third-order valence-corrected chi connectivity index (χ3v) is 4.83. The van der Waals surface area contributed by atoms with Gasteiger partial charge in [-0.25, -0.2) is 0 Å². The quantitative estimate of drug-likeness (QED) is 0.740. The Bertz CT molecular complexity index is 835. The van der Waals surface area contributed by atoms with E-state index in [1.165, 1.54) is 11.3 Å². The summed E-state index contributed by atoms with van der Waals surface area (Å²) in [6.45, 7) is 8.55. The molecular weight excluding hydrogens is 312 g/mol. The number of nitrogens with one attached hydrogen (secondary N) is 1. The highest BCUT2D eigenvalue weighted by molar-refractivity contribution is 5.58. The fraction of sp³-hybridized carbons (Fsp3) is 0.400. The summed E-state index contributed by atoms with van der Waals surface area (Å²) in [5.74, 6) is 1.33. The van der Waals surface area contributed by atoms with Crippen LogP contribution in [0.15, 0.2) is 40.9 Å². The van der Waals surface area contributed by atoms with Crippen LogP contribution in [0.3, 0.4) is 0 Å². The molecule has 0 bridgehead atoms. The summed E-state index contributed by atoms with van der Waals surface area (Å²) in [4.78, 5) is 4.58. The van der Waals surface area contributed by atoms with Gasteiger partial charge in [-0.1, -0.05) is 35.5 Å². The maximum absolute atomic E-state index is 5.53. The molecule has 2 aromatic heterocycles. The second kappa shape index (κ2) is 7.23.